The van der Waals surface area contributed by atoms with Crippen LogP contribution in [0.15, 0.2) is 29.0 Å². The molecule has 0 spiro atoms. The topological polar surface area (TPSA) is 59.8 Å². The van der Waals surface area contributed by atoms with Gasteiger partial charge in [-0.25, -0.2) is 9.37 Å². The third-order valence-electron chi connectivity index (χ3n) is 2.46. The number of hydrogen-bond acceptors (Lipinski definition) is 3. The Labute approximate surface area is 118 Å². The van der Waals surface area contributed by atoms with Gasteiger partial charge in [0.1, 0.15) is 12.1 Å². The number of aryl methyl sites for hydroxylation is 1. The Morgan fingerprint density at radius 1 is 1.53 bits per heavy atom. The highest BCUT2D eigenvalue weighted by Crippen LogP contribution is 2.17. The first-order valence-corrected chi connectivity index (χ1v) is 6.43. The maximum atomic E-state index is 12.9. The van der Waals surface area contributed by atoms with Gasteiger partial charge in [-0.15, -0.1) is 0 Å². The lowest BCUT2D eigenvalue weighted by Crippen LogP contribution is -2.26. The van der Waals surface area contributed by atoms with E-state index >= 15 is 0 Å². The van der Waals surface area contributed by atoms with Crippen LogP contribution in [0.1, 0.15) is 16.2 Å². The second kappa shape index (κ2) is 5.92. The summed E-state index contributed by atoms with van der Waals surface area (Å²) < 4.78 is 14.9. The van der Waals surface area contributed by atoms with E-state index < -0.39 is 0 Å². The summed E-state index contributed by atoms with van der Waals surface area (Å²) in [6.07, 6.45) is 2.15. The fourth-order valence-electron chi connectivity index (χ4n) is 1.56. The van der Waals surface area contributed by atoms with Crippen LogP contribution in [0.4, 0.5) is 4.39 Å². The Hall–Kier alpha value is -1.76. The van der Waals surface area contributed by atoms with Gasteiger partial charge in [-0.3, -0.25) is 9.48 Å². The van der Waals surface area contributed by atoms with E-state index in [1.54, 1.807) is 18.1 Å². The monoisotopic (exact) mass is 326 g/mol. The van der Waals surface area contributed by atoms with E-state index in [9.17, 15) is 9.18 Å². The molecule has 0 unspecified atom stereocenters. The minimum atomic E-state index is -0.388. The SMILES string of the molecule is Cn1cnc(CCNC(=O)c2ccc(F)cc2Br)n1. The molecule has 1 N–H and O–H groups in total. The second-order valence-electron chi connectivity index (χ2n) is 3.96. The largest absolute Gasteiger partial charge is 0.352 e. The molecule has 0 fully saturated rings. The Morgan fingerprint density at radius 3 is 2.95 bits per heavy atom. The molecule has 0 bridgehead atoms. The first-order chi connectivity index (χ1) is 9.06. The van der Waals surface area contributed by atoms with Crippen molar-refractivity contribution in [2.75, 3.05) is 6.54 Å². The molecule has 2 rings (SSSR count). The van der Waals surface area contributed by atoms with Gasteiger partial charge < -0.3 is 5.32 Å². The van der Waals surface area contributed by atoms with Crippen molar-refractivity contribution in [1.29, 1.82) is 0 Å². The summed E-state index contributed by atoms with van der Waals surface area (Å²) in [5.41, 5.74) is 0.399. The Morgan fingerprint density at radius 2 is 2.32 bits per heavy atom. The fraction of sp³-hybridized carbons (Fsp3) is 0.250. The molecule has 0 atom stereocenters. The maximum absolute atomic E-state index is 12.9. The molecule has 1 aromatic heterocycles. The Kier molecular flexibility index (Phi) is 4.26. The van der Waals surface area contributed by atoms with Crippen LogP contribution in [0.2, 0.25) is 0 Å². The smallest absolute Gasteiger partial charge is 0.252 e. The van der Waals surface area contributed by atoms with E-state index in [1.807, 2.05) is 0 Å². The minimum absolute atomic E-state index is 0.261. The lowest BCUT2D eigenvalue weighted by Gasteiger charge is -2.05. The second-order valence-corrected chi connectivity index (χ2v) is 4.82. The zero-order valence-electron chi connectivity index (χ0n) is 10.2. The molecule has 19 heavy (non-hydrogen) atoms. The summed E-state index contributed by atoms with van der Waals surface area (Å²) in [7, 11) is 1.78. The van der Waals surface area contributed by atoms with Gasteiger partial charge in [0.2, 0.25) is 0 Å². The first-order valence-electron chi connectivity index (χ1n) is 5.64. The van der Waals surface area contributed by atoms with Gasteiger partial charge in [0.05, 0.1) is 5.56 Å². The highest BCUT2D eigenvalue weighted by atomic mass is 79.9. The van der Waals surface area contributed by atoms with E-state index in [0.29, 0.717) is 28.8 Å². The normalized spacial score (nSPS) is 10.5. The lowest BCUT2D eigenvalue weighted by atomic mass is 10.2. The van der Waals surface area contributed by atoms with Crippen LogP contribution < -0.4 is 5.32 Å². The van der Waals surface area contributed by atoms with Gasteiger partial charge in [-0.05, 0) is 34.1 Å². The first kappa shape index (κ1) is 13.7. The number of hydrogen-bond donors (Lipinski definition) is 1. The van der Waals surface area contributed by atoms with Gasteiger partial charge in [-0.2, -0.15) is 5.10 Å². The van der Waals surface area contributed by atoms with E-state index in [4.69, 9.17) is 0 Å². The molecule has 1 heterocycles. The quantitative estimate of drug-likeness (QED) is 0.930. The van der Waals surface area contributed by atoms with Crippen molar-refractivity contribution < 1.29 is 9.18 Å². The predicted molar refractivity (Wildman–Crippen MR) is 71.1 cm³/mol. The van der Waals surface area contributed by atoms with E-state index in [1.165, 1.54) is 18.2 Å². The fourth-order valence-corrected chi connectivity index (χ4v) is 2.09. The van der Waals surface area contributed by atoms with Crippen LogP contribution >= 0.6 is 15.9 Å². The van der Waals surface area contributed by atoms with Gasteiger partial charge in [0.25, 0.3) is 5.91 Å². The Bertz CT molecular complexity index is 599. The molecule has 100 valence electrons. The summed E-state index contributed by atoms with van der Waals surface area (Å²) >= 11 is 3.16. The van der Waals surface area contributed by atoms with Gasteiger partial charge >= 0.3 is 0 Å². The molecular weight excluding hydrogens is 315 g/mol. The number of aromatic nitrogens is 3. The molecule has 1 amide bonds. The van der Waals surface area contributed by atoms with Gasteiger partial charge in [0.15, 0.2) is 5.82 Å². The number of benzene rings is 1. The molecule has 2 aromatic rings. The number of carbonyl (C=O) groups is 1. The van der Waals surface area contributed by atoms with Crippen molar-refractivity contribution in [2.24, 2.45) is 7.05 Å². The lowest BCUT2D eigenvalue weighted by molar-refractivity contribution is 0.0953. The van der Waals surface area contributed by atoms with Crippen molar-refractivity contribution >= 4 is 21.8 Å². The number of rotatable bonds is 4. The number of halogens is 2. The van der Waals surface area contributed by atoms with Crippen LogP contribution in [-0.4, -0.2) is 27.2 Å². The molecule has 0 saturated heterocycles. The van der Waals surface area contributed by atoms with Crippen molar-refractivity contribution in [3.63, 3.8) is 0 Å². The van der Waals surface area contributed by atoms with Gasteiger partial charge in [0, 0.05) is 24.5 Å². The highest BCUT2D eigenvalue weighted by molar-refractivity contribution is 9.10. The van der Waals surface area contributed by atoms with Crippen LogP contribution in [0, 0.1) is 5.82 Å². The third-order valence-corrected chi connectivity index (χ3v) is 3.11. The summed E-state index contributed by atoms with van der Waals surface area (Å²) in [5, 5.41) is 6.84. The van der Waals surface area contributed by atoms with Crippen LogP contribution in [0.5, 0.6) is 0 Å². The van der Waals surface area contributed by atoms with Gasteiger partial charge in [-0.1, -0.05) is 0 Å². The number of carbonyl (C=O) groups excluding carboxylic acids is 1. The molecule has 5 nitrogen and oxygen atoms in total. The van der Waals surface area contributed by atoms with Crippen molar-refractivity contribution in [3.8, 4) is 0 Å². The average molecular weight is 327 g/mol. The standard InChI is InChI=1S/C12H12BrFN4O/c1-18-7-16-11(17-18)4-5-15-12(19)9-3-2-8(14)6-10(9)13/h2-3,6-7H,4-5H2,1H3,(H,15,19). The molecule has 7 heteroatoms. The van der Waals surface area contributed by atoms with Crippen molar-refractivity contribution in [1.82, 2.24) is 20.1 Å². The highest BCUT2D eigenvalue weighted by Gasteiger charge is 2.10. The minimum Gasteiger partial charge on any atom is -0.352 e. The van der Waals surface area contributed by atoms with Crippen LogP contribution in [0.25, 0.3) is 0 Å². The van der Waals surface area contributed by atoms with E-state index in [-0.39, 0.29) is 11.7 Å². The van der Waals surface area contributed by atoms with Crippen LogP contribution in [0.3, 0.4) is 0 Å². The summed E-state index contributed by atoms with van der Waals surface area (Å²) in [5.74, 6) is 0.0184. The summed E-state index contributed by atoms with van der Waals surface area (Å²) in [4.78, 5) is 15.9. The van der Waals surface area contributed by atoms with Crippen molar-refractivity contribution in [3.05, 3.63) is 46.2 Å². The molecule has 0 aliphatic rings. The van der Waals surface area contributed by atoms with E-state index in [0.717, 1.165) is 0 Å². The number of nitrogens with one attached hydrogen (secondary N) is 1. The molecule has 1 aromatic carbocycles. The average Bonchev–Trinajstić information content (AvgIpc) is 2.75. The number of amides is 1. The Balaban J connectivity index is 1.90. The summed E-state index contributed by atoms with van der Waals surface area (Å²) in [6, 6.07) is 3.95. The molecule has 0 aliphatic carbocycles. The summed E-state index contributed by atoms with van der Waals surface area (Å²) in [6.45, 7) is 0.423. The molecule has 0 saturated carbocycles. The molecular formula is C12H12BrFN4O. The van der Waals surface area contributed by atoms with Crippen LogP contribution in [-0.2, 0) is 13.5 Å². The zero-order chi connectivity index (χ0) is 13.8. The third kappa shape index (κ3) is 3.60. The molecule has 0 aliphatic heterocycles. The van der Waals surface area contributed by atoms with E-state index in [2.05, 4.69) is 31.3 Å². The molecule has 0 radical (unpaired) electrons. The predicted octanol–water partition coefficient (Wildman–Crippen LogP) is 1.69. The maximum Gasteiger partial charge on any atom is 0.252 e. The van der Waals surface area contributed by atoms with Crippen molar-refractivity contribution in [2.45, 2.75) is 6.42 Å². The zero-order valence-corrected chi connectivity index (χ0v) is 11.8. The number of nitrogens with zero attached hydrogens (tertiary/aromatic N) is 3.